The summed E-state index contributed by atoms with van der Waals surface area (Å²) < 4.78 is 0. The predicted molar refractivity (Wildman–Crippen MR) is 105 cm³/mol. The smallest absolute Gasteiger partial charge is 0.155 e. The second-order valence-corrected chi connectivity index (χ2v) is 12.0. The fraction of sp³-hybridized carbons (Fsp3) is 0.840. The molecule has 0 aromatic carbocycles. The highest BCUT2D eigenvalue weighted by Gasteiger charge is 2.73. The third-order valence-electron chi connectivity index (χ3n) is 11.3. The number of fused-ring (bicyclic) bond motifs is 9. The molecule has 6 rings (SSSR count). The van der Waals surface area contributed by atoms with Crippen LogP contribution in [-0.2, 0) is 9.59 Å². The van der Waals surface area contributed by atoms with Crippen LogP contribution in [-0.4, -0.2) is 11.6 Å². The second-order valence-electron chi connectivity index (χ2n) is 12.0. The Kier molecular flexibility index (Phi) is 3.02. The van der Waals surface area contributed by atoms with E-state index >= 15 is 0 Å². The third kappa shape index (κ3) is 1.80. The highest BCUT2D eigenvalue weighted by molar-refractivity contribution is 5.92. The lowest BCUT2D eigenvalue weighted by Gasteiger charge is -2.60. The molecular weight excluding hydrogens is 332 g/mol. The molecule has 2 nitrogen and oxygen atoms in total. The number of ketones is 2. The van der Waals surface area contributed by atoms with E-state index in [1.165, 1.54) is 37.7 Å². The number of Topliss-reactive ketones (excluding diaryl/α,β-unsaturated/α-hetero) is 1. The first-order chi connectivity index (χ1) is 12.7. The van der Waals surface area contributed by atoms with Crippen LogP contribution < -0.4 is 0 Å². The van der Waals surface area contributed by atoms with Gasteiger partial charge >= 0.3 is 0 Å². The Balaban J connectivity index is 1.43. The molecule has 1 spiro atoms. The van der Waals surface area contributed by atoms with E-state index in [0.29, 0.717) is 27.8 Å². The van der Waals surface area contributed by atoms with Gasteiger partial charge in [0.05, 0.1) is 0 Å². The van der Waals surface area contributed by atoms with Crippen molar-refractivity contribution in [3.8, 4) is 0 Å². The number of rotatable bonds is 0. The van der Waals surface area contributed by atoms with Crippen molar-refractivity contribution < 1.29 is 9.59 Å². The fourth-order valence-corrected chi connectivity index (χ4v) is 9.75. The van der Waals surface area contributed by atoms with Gasteiger partial charge in [0.1, 0.15) is 5.78 Å². The van der Waals surface area contributed by atoms with Gasteiger partial charge in [-0.15, -0.1) is 0 Å². The lowest BCUT2D eigenvalue weighted by atomic mass is 9.43. The number of hydrogen-bond donors (Lipinski definition) is 0. The molecule has 8 atom stereocenters. The lowest BCUT2D eigenvalue weighted by Crippen LogP contribution is -2.54. The van der Waals surface area contributed by atoms with E-state index in [1.807, 2.05) is 0 Å². The van der Waals surface area contributed by atoms with Crippen LogP contribution in [0.15, 0.2) is 11.6 Å². The average Bonchev–Trinajstić information content (AvgIpc) is 3.03. The minimum absolute atomic E-state index is 0.253. The van der Waals surface area contributed by atoms with Crippen molar-refractivity contribution in [3.63, 3.8) is 0 Å². The molecule has 146 valence electrons. The van der Waals surface area contributed by atoms with Crippen LogP contribution in [0.2, 0.25) is 0 Å². The summed E-state index contributed by atoms with van der Waals surface area (Å²) in [5.74, 6) is 4.11. The van der Waals surface area contributed by atoms with Crippen LogP contribution in [0, 0.1) is 45.3 Å². The average molecular weight is 367 g/mol. The van der Waals surface area contributed by atoms with Crippen LogP contribution in [0.1, 0.15) is 85.0 Å². The molecule has 0 bridgehead atoms. The van der Waals surface area contributed by atoms with Crippen molar-refractivity contribution in [2.24, 2.45) is 45.3 Å². The number of carbonyl (C=O) groups excluding carboxylic acids is 2. The van der Waals surface area contributed by atoms with Gasteiger partial charge in [0.25, 0.3) is 0 Å². The Morgan fingerprint density at radius 2 is 1.63 bits per heavy atom. The van der Waals surface area contributed by atoms with Gasteiger partial charge in [0.2, 0.25) is 0 Å². The summed E-state index contributed by atoms with van der Waals surface area (Å²) in [6.45, 7) is 7.55. The van der Waals surface area contributed by atoms with E-state index in [2.05, 4.69) is 26.8 Å². The van der Waals surface area contributed by atoms with Gasteiger partial charge in [-0.1, -0.05) is 26.3 Å². The largest absolute Gasteiger partial charge is 0.300 e. The zero-order valence-electron chi connectivity index (χ0n) is 17.3. The van der Waals surface area contributed by atoms with Crippen LogP contribution in [0.4, 0.5) is 0 Å². The van der Waals surface area contributed by atoms with Gasteiger partial charge in [0.15, 0.2) is 5.78 Å². The van der Waals surface area contributed by atoms with Crippen molar-refractivity contribution in [1.82, 2.24) is 0 Å². The van der Waals surface area contributed by atoms with E-state index in [9.17, 15) is 9.59 Å². The molecule has 0 aromatic rings. The molecular formula is C25H34O2. The normalized spacial score (nSPS) is 58.4. The summed E-state index contributed by atoms with van der Waals surface area (Å²) in [5.41, 5.74) is 2.79. The topological polar surface area (TPSA) is 34.1 Å². The van der Waals surface area contributed by atoms with Gasteiger partial charge < -0.3 is 0 Å². The summed E-state index contributed by atoms with van der Waals surface area (Å²) in [6, 6.07) is 0. The van der Waals surface area contributed by atoms with Gasteiger partial charge in [-0.05, 0) is 96.4 Å². The minimum Gasteiger partial charge on any atom is -0.300 e. The Morgan fingerprint density at radius 1 is 0.852 bits per heavy atom. The number of carbonyl (C=O) groups is 2. The lowest BCUT2D eigenvalue weighted by molar-refractivity contribution is -0.121. The SMILES string of the molecule is CC12CC1C1[C@H](CCC3(C)[C@H]1CC[C@@]31CCC(=O)C1)C1(C)CCC(=O)C=C21. The van der Waals surface area contributed by atoms with Crippen molar-refractivity contribution >= 4 is 11.6 Å². The first-order valence-corrected chi connectivity index (χ1v) is 11.5. The number of hydrogen-bond acceptors (Lipinski definition) is 2. The Bertz CT molecular complexity index is 794. The zero-order valence-corrected chi connectivity index (χ0v) is 17.3. The van der Waals surface area contributed by atoms with Gasteiger partial charge in [-0.25, -0.2) is 0 Å². The summed E-state index contributed by atoms with van der Waals surface area (Å²) >= 11 is 0. The van der Waals surface area contributed by atoms with Crippen molar-refractivity contribution in [2.45, 2.75) is 85.0 Å². The molecule has 5 saturated carbocycles. The summed E-state index contributed by atoms with van der Waals surface area (Å²) in [7, 11) is 0. The zero-order chi connectivity index (χ0) is 18.8. The molecule has 0 amide bonds. The van der Waals surface area contributed by atoms with Crippen LogP contribution in [0.25, 0.3) is 0 Å². The molecule has 0 radical (unpaired) electrons. The van der Waals surface area contributed by atoms with E-state index in [-0.39, 0.29) is 5.41 Å². The molecule has 6 aliphatic carbocycles. The molecule has 5 unspecified atom stereocenters. The second kappa shape index (κ2) is 4.79. The van der Waals surface area contributed by atoms with Gasteiger partial charge in [-0.2, -0.15) is 0 Å². The van der Waals surface area contributed by atoms with E-state index < -0.39 is 0 Å². The Morgan fingerprint density at radius 3 is 2.37 bits per heavy atom. The third-order valence-corrected chi connectivity index (χ3v) is 11.3. The quantitative estimate of drug-likeness (QED) is 0.567. The molecule has 0 N–H and O–H groups in total. The molecule has 0 heterocycles. The van der Waals surface area contributed by atoms with E-state index in [4.69, 9.17) is 0 Å². The fourth-order valence-electron chi connectivity index (χ4n) is 9.75. The highest BCUT2D eigenvalue weighted by Crippen LogP contribution is 2.81. The first-order valence-electron chi connectivity index (χ1n) is 11.5. The number of allylic oxidation sites excluding steroid dienone is 1. The molecule has 0 saturated heterocycles. The Hall–Kier alpha value is -0.920. The van der Waals surface area contributed by atoms with Crippen LogP contribution in [0.5, 0.6) is 0 Å². The van der Waals surface area contributed by atoms with Crippen LogP contribution >= 0.6 is 0 Å². The molecule has 2 heteroatoms. The molecule has 0 aromatic heterocycles. The first kappa shape index (κ1) is 17.0. The van der Waals surface area contributed by atoms with Crippen molar-refractivity contribution in [3.05, 3.63) is 11.6 Å². The molecule has 27 heavy (non-hydrogen) atoms. The van der Waals surface area contributed by atoms with E-state index in [1.54, 1.807) is 0 Å². The maximum atomic E-state index is 12.3. The van der Waals surface area contributed by atoms with Gasteiger partial charge in [-0.3, -0.25) is 9.59 Å². The van der Waals surface area contributed by atoms with Crippen molar-refractivity contribution in [2.75, 3.05) is 0 Å². The Labute approximate surface area is 163 Å². The van der Waals surface area contributed by atoms with Gasteiger partial charge in [0, 0.05) is 19.3 Å². The predicted octanol–water partition coefficient (Wildman–Crippen LogP) is 5.50. The maximum absolute atomic E-state index is 12.3. The summed E-state index contributed by atoms with van der Waals surface area (Å²) in [6.07, 6.45) is 13.4. The minimum atomic E-state index is 0.253. The van der Waals surface area contributed by atoms with Crippen molar-refractivity contribution in [1.29, 1.82) is 0 Å². The maximum Gasteiger partial charge on any atom is 0.155 e. The van der Waals surface area contributed by atoms with E-state index in [0.717, 1.165) is 55.8 Å². The summed E-state index contributed by atoms with van der Waals surface area (Å²) in [5, 5.41) is 0. The monoisotopic (exact) mass is 366 g/mol. The standard InChI is InChI=1S/C25H34O2/c1-22-8-4-15(26)12-20(22)23(2)14-19(23)21-17(22)6-9-24(3)18(21)7-11-25(24)10-5-16(27)13-25/h12,17-19,21H,4-11,13-14H2,1-3H3/t17-,18-,19?,21?,22?,23?,24?,25+/m0/s1. The highest BCUT2D eigenvalue weighted by atomic mass is 16.1. The summed E-state index contributed by atoms with van der Waals surface area (Å²) in [4.78, 5) is 24.5. The molecule has 5 fully saturated rings. The van der Waals surface area contributed by atoms with Crippen LogP contribution in [0.3, 0.4) is 0 Å². The molecule has 0 aliphatic heterocycles. The molecule has 6 aliphatic rings.